The van der Waals surface area contributed by atoms with Crippen LogP contribution in [-0.4, -0.2) is 37.1 Å². The van der Waals surface area contributed by atoms with Crippen LogP contribution < -0.4 is 5.32 Å². The van der Waals surface area contributed by atoms with Crippen LogP contribution in [0.4, 0.5) is 0 Å². The lowest BCUT2D eigenvalue weighted by Gasteiger charge is -2.20. The highest BCUT2D eigenvalue weighted by Gasteiger charge is 2.18. The molecule has 1 heterocycles. The Morgan fingerprint density at radius 2 is 2.15 bits per heavy atom. The van der Waals surface area contributed by atoms with Crippen LogP contribution in [0.1, 0.15) is 38.7 Å². The summed E-state index contributed by atoms with van der Waals surface area (Å²) in [5.41, 5.74) is 2.68. The van der Waals surface area contributed by atoms with Gasteiger partial charge in [-0.1, -0.05) is 42.0 Å². The Bertz CT molecular complexity index is 411. The minimum Gasteiger partial charge on any atom is -0.313 e. The minimum atomic E-state index is 0.801. The van der Waals surface area contributed by atoms with Crippen molar-refractivity contribution in [3.8, 4) is 0 Å². The van der Waals surface area contributed by atoms with Crippen LogP contribution in [-0.2, 0) is 0 Å². The minimum absolute atomic E-state index is 0.801. The molecule has 1 aromatic rings. The molecule has 2 rings (SSSR count). The maximum Gasteiger partial charge on any atom is 0.0165 e. The summed E-state index contributed by atoms with van der Waals surface area (Å²) >= 11 is 0. The molecule has 0 bridgehead atoms. The number of nitrogens with one attached hydrogen (secondary N) is 1. The van der Waals surface area contributed by atoms with Crippen molar-refractivity contribution >= 4 is 6.08 Å². The summed E-state index contributed by atoms with van der Waals surface area (Å²) in [7, 11) is 0. The molecule has 0 aliphatic carbocycles. The van der Waals surface area contributed by atoms with Gasteiger partial charge in [0.25, 0.3) is 0 Å². The number of rotatable bonds is 7. The summed E-state index contributed by atoms with van der Waals surface area (Å²) in [4.78, 5) is 2.62. The molecule has 2 nitrogen and oxygen atoms in total. The first-order valence-electron chi connectivity index (χ1n) is 7.92. The van der Waals surface area contributed by atoms with Crippen LogP contribution >= 0.6 is 0 Å². The summed E-state index contributed by atoms with van der Waals surface area (Å²) in [5, 5.41) is 3.55. The van der Waals surface area contributed by atoms with Gasteiger partial charge in [0.2, 0.25) is 0 Å². The molecule has 0 spiro atoms. The normalized spacial score (nSPS) is 20.5. The van der Waals surface area contributed by atoms with Crippen molar-refractivity contribution in [1.29, 1.82) is 0 Å². The Labute approximate surface area is 123 Å². The van der Waals surface area contributed by atoms with Gasteiger partial charge < -0.3 is 10.2 Å². The molecule has 110 valence electrons. The zero-order chi connectivity index (χ0) is 14.2. The molecular formula is C18H28N2. The smallest absolute Gasteiger partial charge is 0.0165 e. The van der Waals surface area contributed by atoms with Gasteiger partial charge in [0, 0.05) is 12.6 Å². The van der Waals surface area contributed by atoms with E-state index in [1.54, 1.807) is 0 Å². The van der Waals surface area contributed by atoms with Crippen molar-refractivity contribution in [3.63, 3.8) is 0 Å². The van der Waals surface area contributed by atoms with Gasteiger partial charge in [0.1, 0.15) is 0 Å². The average Bonchev–Trinajstić information content (AvgIpc) is 2.85. The summed E-state index contributed by atoms with van der Waals surface area (Å²) in [6, 6.07) is 11.3. The second-order valence-electron chi connectivity index (χ2n) is 5.96. The molecule has 1 N–H and O–H groups in total. The van der Waals surface area contributed by atoms with E-state index in [1.165, 1.54) is 43.5 Å². The van der Waals surface area contributed by atoms with Crippen molar-refractivity contribution in [2.45, 2.75) is 39.2 Å². The largest absolute Gasteiger partial charge is 0.313 e. The quantitative estimate of drug-likeness (QED) is 0.764. The molecule has 1 unspecified atom stereocenters. The molecule has 0 saturated carbocycles. The van der Waals surface area contributed by atoms with Gasteiger partial charge in [-0.05, 0) is 58.3 Å². The summed E-state index contributed by atoms with van der Waals surface area (Å²) < 4.78 is 0. The molecule has 1 aliphatic rings. The van der Waals surface area contributed by atoms with Gasteiger partial charge in [0.05, 0.1) is 0 Å². The van der Waals surface area contributed by atoms with Gasteiger partial charge >= 0.3 is 0 Å². The van der Waals surface area contributed by atoms with Crippen molar-refractivity contribution < 1.29 is 0 Å². The fourth-order valence-corrected chi connectivity index (χ4v) is 2.90. The molecule has 1 aromatic carbocycles. The maximum atomic E-state index is 3.55. The predicted molar refractivity (Wildman–Crippen MR) is 87.8 cm³/mol. The molecule has 1 aliphatic heterocycles. The van der Waals surface area contributed by atoms with Crippen LogP contribution in [0.5, 0.6) is 0 Å². The van der Waals surface area contributed by atoms with E-state index in [0.29, 0.717) is 0 Å². The Morgan fingerprint density at radius 1 is 1.35 bits per heavy atom. The zero-order valence-electron chi connectivity index (χ0n) is 12.9. The Kier molecular flexibility index (Phi) is 6.28. The Morgan fingerprint density at radius 3 is 2.85 bits per heavy atom. The van der Waals surface area contributed by atoms with E-state index in [2.05, 4.69) is 60.5 Å². The van der Waals surface area contributed by atoms with Gasteiger partial charge in [-0.15, -0.1) is 0 Å². The Hall–Kier alpha value is -1.12. The number of nitrogens with zero attached hydrogens (tertiary/aromatic N) is 1. The third-order valence-corrected chi connectivity index (χ3v) is 4.11. The van der Waals surface area contributed by atoms with E-state index in [9.17, 15) is 0 Å². The number of likely N-dealkylation sites (tertiary alicyclic amines) is 1. The first-order chi connectivity index (χ1) is 9.75. The van der Waals surface area contributed by atoms with Crippen molar-refractivity contribution in [3.05, 3.63) is 41.5 Å². The fraction of sp³-hybridized carbons (Fsp3) is 0.556. The molecule has 1 saturated heterocycles. The van der Waals surface area contributed by atoms with E-state index in [-0.39, 0.29) is 0 Å². The molecule has 0 radical (unpaired) electrons. The van der Waals surface area contributed by atoms with E-state index in [1.807, 2.05) is 0 Å². The van der Waals surface area contributed by atoms with Crippen LogP contribution in [0.3, 0.4) is 0 Å². The number of benzene rings is 1. The van der Waals surface area contributed by atoms with Crippen LogP contribution in [0.2, 0.25) is 0 Å². The third kappa shape index (κ3) is 5.10. The standard InChI is InChI=1S/C18H28N2/c1-16(14-18-9-4-3-5-10-18)15-19-11-7-13-20-12-6-8-17(20)2/h3-5,9-10,14,17,19H,6-8,11-13,15H2,1-2H3. The van der Waals surface area contributed by atoms with Crippen LogP contribution in [0.15, 0.2) is 35.9 Å². The van der Waals surface area contributed by atoms with E-state index >= 15 is 0 Å². The lowest BCUT2D eigenvalue weighted by atomic mass is 10.1. The number of hydrogen-bond donors (Lipinski definition) is 1. The van der Waals surface area contributed by atoms with Crippen molar-refractivity contribution in [2.75, 3.05) is 26.2 Å². The predicted octanol–water partition coefficient (Wildman–Crippen LogP) is 3.55. The molecular weight excluding hydrogens is 244 g/mol. The first kappa shape index (κ1) is 15.3. The highest BCUT2D eigenvalue weighted by atomic mass is 15.2. The lowest BCUT2D eigenvalue weighted by Crippen LogP contribution is -2.30. The van der Waals surface area contributed by atoms with E-state index in [0.717, 1.165) is 19.1 Å². The Balaban J connectivity index is 1.60. The first-order valence-corrected chi connectivity index (χ1v) is 7.92. The second kappa shape index (κ2) is 8.23. The lowest BCUT2D eigenvalue weighted by molar-refractivity contribution is 0.265. The van der Waals surface area contributed by atoms with Gasteiger partial charge in [0.15, 0.2) is 0 Å². The van der Waals surface area contributed by atoms with E-state index < -0.39 is 0 Å². The van der Waals surface area contributed by atoms with E-state index in [4.69, 9.17) is 0 Å². The van der Waals surface area contributed by atoms with Crippen LogP contribution in [0.25, 0.3) is 6.08 Å². The second-order valence-corrected chi connectivity index (χ2v) is 5.96. The monoisotopic (exact) mass is 272 g/mol. The maximum absolute atomic E-state index is 3.55. The SMILES string of the molecule is CC(=Cc1ccccc1)CNCCCN1CCCC1C. The topological polar surface area (TPSA) is 15.3 Å². The zero-order valence-corrected chi connectivity index (χ0v) is 12.9. The van der Waals surface area contributed by atoms with Crippen molar-refractivity contribution in [2.24, 2.45) is 0 Å². The molecule has 0 aromatic heterocycles. The summed E-state index contributed by atoms with van der Waals surface area (Å²) in [6.45, 7) is 9.20. The highest BCUT2D eigenvalue weighted by Crippen LogP contribution is 2.15. The molecule has 20 heavy (non-hydrogen) atoms. The third-order valence-electron chi connectivity index (χ3n) is 4.11. The average molecular weight is 272 g/mol. The van der Waals surface area contributed by atoms with Crippen molar-refractivity contribution in [1.82, 2.24) is 10.2 Å². The fourth-order valence-electron chi connectivity index (χ4n) is 2.90. The molecule has 1 fully saturated rings. The van der Waals surface area contributed by atoms with Crippen LogP contribution in [0, 0.1) is 0 Å². The molecule has 2 heteroatoms. The van der Waals surface area contributed by atoms with Gasteiger partial charge in [-0.25, -0.2) is 0 Å². The highest BCUT2D eigenvalue weighted by molar-refractivity contribution is 5.52. The molecule has 1 atom stereocenters. The number of hydrogen-bond acceptors (Lipinski definition) is 2. The molecule has 0 amide bonds. The van der Waals surface area contributed by atoms with Gasteiger partial charge in [-0.3, -0.25) is 0 Å². The summed E-state index contributed by atoms with van der Waals surface area (Å²) in [5.74, 6) is 0. The summed E-state index contributed by atoms with van der Waals surface area (Å²) in [6.07, 6.45) is 6.28. The van der Waals surface area contributed by atoms with Gasteiger partial charge in [-0.2, -0.15) is 0 Å².